The summed E-state index contributed by atoms with van der Waals surface area (Å²) < 4.78 is 4.83. The highest BCUT2D eigenvalue weighted by molar-refractivity contribution is 9.10. The fraction of sp³-hybridized carbons (Fsp3) is 0.583. The molecule has 0 aromatic carbocycles. The summed E-state index contributed by atoms with van der Waals surface area (Å²) >= 11 is 3.39. The van der Waals surface area contributed by atoms with Crippen molar-refractivity contribution in [2.75, 3.05) is 13.6 Å². The molecule has 0 fully saturated rings. The van der Waals surface area contributed by atoms with Crippen LogP contribution in [0, 0.1) is 0 Å². The van der Waals surface area contributed by atoms with E-state index in [0.717, 1.165) is 42.8 Å². The van der Waals surface area contributed by atoms with Gasteiger partial charge in [0.1, 0.15) is 0 Å². The minimum absolute atomic E-state index is 0.812. The minimum Gasteiger partial charge on any atom is -0.299 e. The average molecular weight is 327 g/mol. The van der Waals surface area contributed by atoms with Crippen LogP contribution in [0.1, 0.15) is 19.0 Å². The first-order valence-corrected chi connectivity index (χ1v) is 7.22. The summed E-state index contributed by atoms with van der Waals surface area (Å²) in [5.74, 6) is 0. The van der Waals surface area contributed by atoms with E-state index < -0.39 is 0 Å². The molecule has 0 aliphatic carbocycles. The van der Waals surface area contributed by atoms with Crippen molar-refractivity contribution in [3.8, 4) is 0 Å². The van der Waals surface area contributed by atoms with Crippen LogP contribution in [0.5, 0.6) is 0 Å². The molecule has 2 rings (SSSR count). The van der Waals surface area contributed by atoms with Crippen LogP contribution in [0.25, 0.3) is 0 Å². The molecule has 2 heterocycles. The summed E-state index contributed by atoms with van der Waals surface area (Å²) in [4.78, 5) is 2.22. The summed E-state index contributed by atoms with van der Waals surface area (Å²) in [5.41, 5.74) is 1.01. The lowest BCUT2D eigenvalue weighted by Gasteiger charge is -2.14. The lowest BCUT2D eigenvalue weighted by Crippen LogP contribution is -2.23. The zero-order chi connectivity index (χ0) is 13.7. The Balaban J connectivity index is 1.78. The Hall–Kier alpha value is -1.21. The molecular weight excluding hydrogens is 308 g/mol. The van der Waals surface area contributed by atoms with Gasteiger partial charge in [-0.15, -0.1) is 5.10 Å². The van der Waals surface area contributed by atoms with E-state index in [4.69, 9.17) is 0 Å². The second-order valence-electron chi connectivity index (χ2n) is 4.63. The molecular formula is C12H19BrN6. The highest BCUT2D eigenvalue weighted by atomic mass is 79.9. The molecule has 0 saturated heterocycles. The lowest BCUT2D eigenvalue weighted by molar-refractivity contribution is 0.301. The predicted octanol–water partition coefficient (Wildman–Crippen LogP) is 1.78. The maximum absolute atomic E-state index is 4.23. The highest BCUT2D eigenvalue weighted by Crippen LogP contribution is 2.06. The maximum atomic E-state index is 4.23. The molecule has 0 bridgehead atoms. The molecule has 0 saturated carbocycles. The second kappa shape index (κ2) is 6.81. The van der Waals surface area contributed by atoms with Crippen LogP contribution < -0.4 is 0 Å². The molecule has 0 atom stereocenters. The molecule has 0 N–H and O–H groups in total. The molecule has 0 radical (unpaired) electrons. The Morgan fingerprint density at radius 1 is 1.26 bits per heavy atom. The van der Waals surface area contributed by atoms with E-state index in [0.29, 0.717) is 0 Å². The van der Waals surface area contributed by atoms with Gasteiger partial charge in [-0.25, -0.2) is 0 Å². The van der Waals surface area contributed by atoms with Gasteiger partial charge >= 0.3 is 0 Å². The van der Waals surface area contributed by atoms with Crippen LogP contribution in [0.3, 0.4) is 0 Å². The van der Waals surface area contributed by atoms with Gasteiger partial charge in [0, 0.05) is 32.0 Å². The van der Waals surface area contributed by atoms with Gasteiger partial charge in [-0.2, -0.15) is 5.10 Å². The topological polar surface area (TPSA) is 51.8 Å². The van der Waals surface area contributed by atoms with E-state index in [2.05, 4.69) is 50.2 Å². The summed E-state index contributed by atoms with van der Waals surface area (Å²) in [6.45, 7) is 5.67. The zero-order valence-electron chi connectivity index (χ0n) is 11.3. The molecule has 6 nitrogen and oxygen atoms in total. The SMILES string of the molecule is CCCn1cc(CN(C)CCn2cc(Br)cn2)nn1. The average Bonchev–Trinajstić information content (AvgIpc) is 2.97. The standard InChI is InChI=1S/C12H19BrN6/c1-3-4-19-10-12(15-16-19)9-17(2)5-6-18-8-11(13)7-14-18/h7-8,10H,3-6,9H2,1-2H3. The fourth-order valence-corrected chi connectivity index (χ4v) is 2.17. The Bertz CT molecular complexity index is 506. The van der Waals surface area contributed by atoms with Crippen molar-refractivity contribution >= 4 is 15.9 Å². The zero-order valence-corrected chi connectivity index (χ0v) is 12.9. The quantitative estimate of drug-likeness (QED) is 0.778. The molecule has 7 heteroatoms. The number of hydrogen-bond donors (Lipinski definition) is 0. The number of rotatable bonds is 7. The van der Waals surface area contributed by atoms with Gasteiger partial charge in [0.15, 0.2) is 0 Å². The third-order valence-electron chi connectivity index (χ3n) is 2.78. The van der Waals surface area contributed by atoms with Gasteiger partial charge in [-0.3, -0.25) is 14.3 Å². The Kier molecular flexibility index (Phi) is 5.09. The number of halogens is 1. The first kappa shape index (κ1) is 14.2. The van der Waals surface area contributed by atoms with Crippen molar-refractivity contribution < 1.29 is 0 Å². The van der Waals surface area contributed by atoms with E-state index in [1.807, 2.05) is 21.8 Å². The van der Waals surface area contributed by atoms with E-state index in [-0.39, 0.29) is 0 Å². The Morgan fingerprint density at radius 3 is 2.79 bits per heavy atom. The third kappa shape index (κ3) is 4.43. The van der Waals surface area contributed by atoms with Crippen LogP contribution in [0.2, 0.25) is 0 Å². The van der Waals surface area contributed by atoms with Crippen LogP contribution in [0.15, 0.2) is 23.1 Å². The Labute approximate surface area is 121 Å². The van der Waals surface area contributed by atoms with Crippen molar-refractivity contribution in [1.29, 1.82) is 0 Å². The molecule has 104 valence electrons. The molecule has 2 aromatic rings. The number of aromatic nitrogens is 5. The van der Waals surface area contributed by atoms with Crippen molar-refractivity contribution in [2.24, 2.45) is 0 Å². The molecule has 0 aliphatic heterocycles. The molecule has 19 heavy (non-hydrogen) atoms. The minimum atomic E-state index is 0.812. The van der Waals surface area contributed by atoms with Gasteiger partial charge in [-0.05, 0) is 29.4 Å². The largest absolute Gasteiger partial charge is 0.299 e. The molecule has 2 aromatic heterocycles. The van der Waals surface area contributed by atoms with E-state index in [1.54, 1.807) is 6.20 Å². The molecule has 0 unspecified atom stereocenters. The van der Waals surface area contributed by atoms with Gasteiger partial charge < -0.3 is 0 Å². The summed E-state index contributed by atoms with van der Waals surface area (Å²) in [5, 5.41) is 12.5. The van der Waals surface area contributed by atoms with Crippen LogP contribution in [0.4, 0.5) is 0 Å². The van der Waals surface area contributed by atoms with Gasteiger partial charge in [0.05, 0.1) is 22.9 Å². The normalized spacial score (nSPS) is 11.4. The molecule has 0 aliphatic rings. The second-order valence-corrected chi connectivity index (χ2v) is 5.55. The smallest absolute Gasteiger partial charge is 0.0967 e. The van der Waals surface area contributed by atoms with E-state index >= 15 is 0 Å². The number of nitrogens with zero attached hydrogens (tertiary/aromatic N) is 6. The van der Waals surface area contributed by atoms with Crippen molar-refractivity contribution in [2.45, 2.75) is 33.0 Å². The van der Waals surface area contributed by atoms with Gasteiger partial charge in [-0.1, -0.05) is 12.1 Å². The summed E-state index contributed by atoms with van der Waals surface area (Å²) in [6, 6.07) is 0. The number of hydrogen-bond acceptors (Lipinski definition) is 4. The van der Waals surface area contributed by atoms with Gasteiger partial charge in [0.25, 0.3) is 0 Å². The fourth-order valence-electron chi connectivity index (χ4n) is 1.84. The predicted molar refractivity (Wildman–Crippen MR) is 76.6 cm³/mol. The van der Waals surface area contributed by atoms with Crippen LogP contribution in [-0.2, 0) is 19.6 Å². The number of aryl methyl sites for hydroxylation is 1. The summed E-state index contributed by atoms with van der Waals surface area (Å²) in [7, 11) is 2.08. The number of likely N-dealkylation sites (N-methyl/N-ethyl adjacent to an activating group) is 1. The van der Waals surface area contributed by atoms with Crippen LogP contribution in [-0.4, -0.2) is 43.3 Å². The van der Waals surface area contributed by atoms with Crippen LogP contribution >= 0.6 is 15.9 Å². The molecule has 0 amide bonds. The maximum Gasteiger partial charge on any atom is 0.0967 e. The first-order chi connectivity index (χ1) is 9.17. The van der Waals surface area contributed by atoms with E-state index in [1.165, 1.54) is 0 Å². The van der Waals surface area contributed by atoms with Crippen molar-refractivity contribution in [3.05, 3.63) is 28.8 Å². The van der Waals surface area contributed by atoms with Gasteiger partial charge in [0.2, 0.25) is 0 Å². The van der Waals surface area contributed by atoms with Crippen molar-refractivity contribution in [1.82, 2.24) is 29.7 Å². The van der Waals surface area contributed by atoms with E-state index in [9.17, 15) is 0 Å². The third-order valence-corrected chi connectivity index (χ3v) is 3.19. The lowest BCUT2D eigenvalue weighted by atomic mass is 10.4. The molecule has 0 spiro atoms. The van der Waals surface area contributed by atoms with Crippen molar-refractivity contribution in [3.63, 3.8) is 0 Å². The monoisotopic (exact) mass is 326 g/mol. The highest BCUT2D eigenvalue weighted by Gasteiger charge is 2.05. The summed E-state index contributed by atoms with van der Waals surface area (Å²) in [6.07, 6.45) is 6.87. The first-order valence-electron chi connectivity index (χ1n) is 6.43. The Morgan fingerprint density at radius 2 is 2.11 bits per heavy atom.